The molecule has 0 saturated heterocycles. The molecule has 1 aromatic carbocycles. The Balaban J connectivity index is 1.87. The van der Waals surface area contributed by atoms with Crippen LogP contribution in [0.25, 0.3) is 11.0 Å². The van der Waals surface area contributed by atoms with Crippen molar-refractivity contribution in [3.05, 3.63) is 40.1 Å². The SMILES string of the molecule is CCCn1cc2c(C3C(=O)Nc4ccc(Br)cc43)nc(NCC(C)O)nc2n1. The molecule has 3 N–H and O–H groups in total. The lowest BCUT2D eigenvalue weighted by Crippen LogP contribution is -2.19. The summed E-state index contributed by atoms with van der Waals surface area (Å²) in [6.45, 7) is 4.82. The van der Waals surface area contributed by atoms with Crippen molar-refractivity contribution in [3.8, 4) is 0 Å². The molecule has 0 saturated carbocycles. The van der Waals surface area contributed by atoms with Crippen LogP contribution in [0.15, 0.2) is 28.9 Å². The normalized spacial score (nSPS) is 16.9. The van der Waals surface area contributed by atoms with E-state index in [0.29, 0.717) is 23.8 Å². The number of hydrogen-bond acceptors (Lipinski definition) is 6. The largest absolute Gasteiger partial charge is 0.392 e. The van der Waals surface area contributed by atoms with Gasteiger partial charge in [0.05, 0.1) is 17.2 Å². The Hall–Kier alpha value is -2.52. The zero-order valence-electron chi connectivity index (χ0n) is 15.6. The van der Waals surface area contributed by atoms with Gasteiger partial charge in [0, 0.05) is 29.4 Å². The molecule has 2 unspecified atom stereocenters. The van der Waals surface area contributed by atoms with Crippen LogP contribution in [-0.2, 0) is 11.3 Å². The number of carbonyl (C=O) groups is 1. The second-order valence-electron chi connectivity index (χ2n) is 6.95. The monoisotopic (exact) mass is 444 g/mol. The van der Waals surface area contributed by atoms with Crippen molar-refractivity contribution in [3.63, 3.8) is 0 Å². The third-order valence-electron chi connectivity index (χ3n) is 4.58. The van der Waals surface area contributed by atoms with Gasteiger partial charge in [0.15, 0.2) is 5.65 Å². The molecule has 1 aliphatic heterocycles. The number of nitrogens with one attached hydrogen (secondary N) is 2. The number of hydrogen-bond donors (Lipinski definition) is 3. The van der Waals surface area contributed by atoms with Gasteiger partial charge in [-0.1, -0.05) is 22.9 Å². The highest BCUT2D eigenvalue weighted by molar-refractivity contribution is 9.10. The number of amides is 1. The van der Waals surface area contributed by atoms with Crippen molar-refractivity contribution in [2.45, 2.75) is 38.8 Å². The molecule has 1 amide bonds. The molecule has 1 aliphatic rings. The summed E-state index contributed by atoms with van der Waals surface area (Å²) >= 11 is 3.49. The van der Waals surface area contributed by atoms with E-state index in [1.807, 2.05) is 29.1 Å². The average Bonchev–Trinajstić information content (AvgIpc) is 3.19. The molecule has 0 bridgehead atoms. The molecule has 2 atom stereocenters. The Bertz CT molecular complexity index is 1050. The number of halogens is 1. The smallest absolute Gasteiger partial charge is 0.238 e. The van der Waals surface area contributed by atoms with Crippen molar-refractivity contribution in [1.82, 2.24) is 19.7 Å². The fraction of sp³-hybridized carbons (Fsp3) is 0.368. The fourth-order valence-corrected chi connectivity index (χ4v) is 3.74. The molecule has 146 valence electrons. The molecule has 8 nitrogen and oxygen atoms in total. The van der Waals surface area contributed by atoms with E-state index in [9.17, 15) is 9.90 Å². The van der Waals surface area contributed by atoms with Crippen molar-refractivity contribution in [2.75, 3.05) is 17.2 Å². The molecule has 2 aromatic heterocycles. The van der Waals surface area contributed by atoms with Gasteiger partial charge in [0.1, 0.15) is 5.92 Å². The molecule has 4 rings (SSSR count). The van der Waals surface area contributed by atoms with E-state index in [-0.39, 0.29) is 5.91 Å². The molecule has 0 spiro atoms. The van der Waals surface area contributed by atoms with Crippen molar-refractivity contribution < 1.29 is 9.90 Å². The van der Waals surface area contributed by atoms with Crippen LogP contribution in [0.3, 0.4) is 0 Å². The molecule has 0 radical (unpaired) electrons. The fourth-order valence-electron chi connectivity index (χ4n) is 3.36. The number of anilines is 2. The van der Waals surface area contributed by atoms with Crippen LogP contribution < -0.4 is 10.6 Å². The standard InChI is InChI=1S/C19H21BrN6O2/c1-3-6-26-9-13-16(23-19(21-8-10(2)27)24-17(13)25-26)15-12-7-11(20)4-5-14(12)22-18(15)28/h4-5,7,9-10,15,27H,3,6,8H2,1-2H3,(H,22,28)(H,21,24,25). The number of fused-ring (bicyclic) bond motifs is 2. The maximum absolute atomic E-state index is 12.8. The number of aromatic nitrogens is 4. The predicted molar refractivity (Wildman–Crippen MR) is 110 cm³/mol. The van der Waals surface area contributed by atoms with E-state index in [0.717, 1.165) is 34.1 Å². The number of carbonyl (C=O) groups excluding carboxylic acids is 1. The number of aliphatic hydroxyl groups excluding tert-OH is 1. The topological polar surface area (TPSA) is 105 Å². The Morgan fingerprint density at radius 1 is 1.39 bits per heavy atom. The van der Waals surface area contributed by atoms with E-state index in [1.165, 1.54) is 0 Å². The second kappa shape index (κ2) is 7.48. The van der Waals surface area contributed by atoms with E-state index >= 15 is 0 Å². The van der Waals surface area contributed by atoms with Crippen molar-refractivity contribution >= 4 is 44.5 Å². The highest BCUT2D eigenvalue weighted by atomic mass is 79.9. The molecule has 3 heterocycles. The van der Waals surface area contributed by atoms with Crippen molar-refractivity contribution in [1.29, 1.82) is 0 Å². The molecular formula is C19H21BrN6O2. The second-order valence-corrected chi connectivity index (χ2v) is 7.86. The van der Waals surface area contributed by atoms with Gasteiger partial charge < -0.3 is 15.7 Å². The van der Waals surface area contributed by atoms with Gasteiger partial charge in [-0.15, -0.1) is 0 Å². The molecule has 0 fully saturated rings. The van der Waals surface area contributed by atoms with E-state index in [1.54, 1.807) is 6.92 Å². The highest BCUT2D eigenvalue weighted by Crippen LogP contribution is 2.40. The first-order chi connectivity index (χ1) is 13.5. The lowest BCUT2D eigenvalue weighted by atomic mass is 9.95. The molecule has 3 aromatic rings. The average molecular weight is 445 g/mol. The molecule has 9 heteroatoms. The first kappa shape index (κ1) is 18.8. The third kappa shape index (κ3) is 3.47. The summed E-state index contributed by atoms with van der Waals surface area (Å²) in [7, 11) is 0. The minimum absolute atomic E-state index is 0.127. The first-order valence-electron chi connectivity index (χ1n) is 9.23. The summed E-state index contributed by atoms with van der Waals surface area (Å²) in [6.07, 6.45) is 2.28. The molecular weight excluding hydrogens is 424 g/mol. The van der Waals surface area contributed by atoms with E-state index < -0.39 is 12.0 Å². The van der Waals surface area contributed by atoms with Gasteiger partial charge in [-0.25, -0.2) is 4.98 Å². The summed E-state index contributed by atoms with van der Waals surface area (Å²) in [5.74, 6) is -0.330. The summed E-state index contributed by atoms with van der Waals surface area (Å²) in [4.78, 5) is 21.9. The zero-order chi connectivity index (χ0) is 19.8. The van der Waals surface area contributed by atoms with Gasteiger partial charge >= 0.3 is 0 Å². The predicted octanol–water partition coefficient (Wildman–Crippen LogP) is 2.88. The first-order valence-corrected chi connectivity index (χ1v) is 10.0. The Kier molecular flexibility index (Phi) is 5.03. The quantitative estimate of drug-likeness (QED) is 0.539. The van der Waals surface area contributed by atoms with E-state index in [2.05, 4.69) is 48.6 Å². The summed E-state index contributed by atoms with van der Waals surface area (Å²) in [5, 5.41) is 20.8. The maximum atomic E-state index is 12.8. The van der Waals surface area contributed by atoms with Gasteiger partial charge in [0.25, 0.3) is 0 Å². The Labute approximate surface area is 170 Å². The lowest BCUT2D eigenvalue weighted by molar-refractivity contribution is -0.116. The van der Waals surface area contributed by atoms with Crippen LogP contribution in [0, 0.1) is 0 Å². The lowest BCUT2D eigenvalue weighted by Gasteiger charge is -2.12. The van der Waals surface area contributed by atoms with Gasteiger partial charge in [-0.2, -0.15) is 10.1 Å². The minimum atomic E-state index is -0.552. The van der Waals surface area contributed by atoms with E-state index in [4.69, 9.17) is 0 Å². The van der Waals surface area contributed by atoms with Crippen LogP contribution >= 0.6 is 15.9 Å². The zero-order valence-corrected chi connectivity index (χ0v) is 17.2. The van der Waals surface area contributed by atoms with Crippen LogP contribution in [0.5, 0.6) is 0 Å². The maximum Gasteiger partial charge on any atom is 0.238 e. The van der Waals surface area contributed by atoms with Gasteiger partial charge in [-0.05, 0) is 37.1 Å². The van der Waals surface area contributed by atoms with Crippen LogP contribution in [0.2, 0.25) is 0 Å². The Morgan fingerprint density at radius 2 is 2.21 bits per heavy atom. The van der Waals surface area contributed by atoms with Crippen molar-refractivity contribution in [2.24, 2.45) is 0 Å². The minimum Gasteiger partial charge on any atom is -0.392 e. The number of aryl methyl sites for hydroxylation is 1. The number of benzene rings is 1. The van der Waals surface area contributed by atoms with Gasteiger partial charge in [0.2, 0.25) is 11.9 Å². The summed E-state index contributed by atoms with van der Waals surface area (Å²) in [5.41, 5.74) is 2.78. The summed E-state index contributed by atoms with van der Waals surface area (Å²) in [6, 6.07) is 5.71. The Morgan fingerprint density at radius 3 is 2.96 bits per heavy atom. The van der Waals surface area contributed by atoms with Gasteiger partial charge in [-0.3, -0.25) is 9.48 Å². The third-order valence-corrected chi connectivity index (χ3v) is 5.08. The molecule has 0 aliphatic carbocycles. The number of nitrogens with zero attached hydrogens (tertiary/aromatic N) is 4. The molecule has 28 heavy (non-hydrogen) atoms. The summed E-state index contributed by atoms with van der Waals surface area (Å²) < 4.78 is 2.72. The number of rotatable bonds is 6. The van der Waals surface area contributed by atoms with Crippen LogP contribution in [-0.4, -0.2) is 43.4 Å². The highest BCUT2D eigenvalue weighted by Gasteiger charge is 2.35. The van der Waals surface area contributed by atoms with Crippen LogP contribution in [0.1, 0.15) is 37.4 Å². The number of aliphatic hydroxyl groups is 1. The van der Waals surface area contributed by atoms with Crippen LogP contribution in [0.4, 0.5) is 11.6 Å².